The van der Waals surface area contributed by atoms with E-state index in [1.807, 2.05) is 0 Å². The molecule has 1 heteroatoms. The SMILES string of the molecule is C/C=C/CCNCc1ccccc1C. The van der Waals surface area contributed by atoms with E-state index in [0.29, 0.717) is 0 Å². The van der Waals surface area contributed by atoms with E-state index in [-0.39, 0.29) is 0 Å². The molecule has 0 atom stereocenters. The molecule has 0 amide bonds. The van der Waals surface area contributed by atoms with E-state index in [1.54, 1.807) is 0 Å². The van der Waals surface area contributed by atoms with E-state index in [4.69, 9.17) is 0 Å². The molecule has 0 saturated carbocycles. The molecule has 0 heterocycles. The lowest BCUT2D eigenvalue weighted by Gasteiger charge is -2.06. The number of aryl methyl sites for hydroxylation is 1. The van der Waals surface area contributed by atoms with Gasteiger partial charge in [0, 0.05) is 6.54 Å². The van der Waals surface area contributed by atoms with Crippen molar-refractivity contribution in [3.63, 3.8) is 0 Å². The standard InChI is InChI=1S/C13H19N/c1-3-4-7-10-14-11-13-9-6-5-8-12(13)2/h3-6,8-9,14H,7,10-11H2,1-2H3/b4-3+. The van der Waals surface area contributed by atoms with Crippen molar-refractivity contribution in [3.05, 3.63) is 47.5 Å². The Bertz CT molecular complexity index is 289. The summed E-state index contributed by atoms with van der Waals surface area (Å²) in [6.45, 7) is 6.24. The molecule has 0 unspecified atom stereocenters. The summed E-state index contributed by atoms with van der Waals surface area (Å²) in [7, 11) is 0. The van der Waals surface area contributed by atoms with Gasteiger partial charge < -0.3 is 5.32 Å². The molecule has 1 N–H and O–H groups in total. The summed E-state index contributed by atoms with van der Waals surface area (Å²) >= 11 is 0. The Morgan fingerprint density at radius 3 is 2.79 bits per heavy atom. The molecule has 0 bridgehead atoms. The van der Waals surface area contributed by atoms with Gasteiger partial charge in [-0.3, -0.25) is 0 Å². The Hall–Kier alpha value is -1.08. The zero-order valence-electron chi connectivity index (χ0n) is 9.09. The maximum absolute atomic E-state index is 3.43. The van der Waals surface area contributed by atoms with Crippen LogP contribution in [0.4, 0.5) is 0 Å². The summed E-state index contributed by atoms with van der Waals surface area (Å²) in [6.07, 6.45) is 5.39. The fourth-order valence-corrected chi connectivity index (χ4v) is 1.38. The lowest BCUT2D eigenvalue weighted by atomic mass is 10.1. The first-order valence-electron chi connectivity index (χ1n) is 5.21. The molecule has 1 rings (SSSR count). The average Bonchev–Trinajstić information content (AvgIpc) is 2.20. The van der Waals surface area contributed by atoms with Gasteiger partial charge in [-0.1, -0.05) is 36.4 Å². The van der Waals surface area contributed by atoms with Gasteiger partial charge in [0.2, 0.25) is 0 Å². The van der Waals surface area contributed by atoms with Gasteiger partial charge in [-0.2, -0.15) is 0 Å². The van der Waals surface area contributed by atoms with Gasteiger partial charge in [0.1, 0.15) is 0 Å². The molecule has 0 aromatic heterocycles. The van der Waals surface area contributed by atoms with E-state index >= 15 is 0 Å². The largest absolute Gasteiger partial charge is 0.312 e. The molecule has 0 radical (unpaired) electrons. The van der Waals surface area contributed by atoms with Gasteiger partial charge in [0.25, 0.3) is 0 Å². The summed E-state index contributed by atoms with van der Waals surface area (Å²) in [5.74, 6) is 0. The van der Waals surface area contributed by atoms with Crippen molar-refractivity contribution < 1.29 is 0 Å². The van der Waals surface area contributed by atoms with Gasteiger partial charge in [0.05, 0.1) is 0 Å². The van der Waals surface area contributed by atoms with E-state index in [2.05, 4.69) is 55.6 Å². The van der Waals surface area contributed by atoms with Crippen LogP contribution >= 0.6 is 0 Å². The molecule has 0 aliphatic rings. The summed E-state index contributed by atoms with van der Waals surface area (Å²) < 4.78 is 0. The normalized spacial score (nSPS) is 11.0. The number of hydrogen-bond acceptors (Lipinski definition) is 1. The monoisotopic (exact) mass is 189 g/mol. The predicted molar refractivity (Wildman–Crippen MR) is 62.3 cm³/mol. The Kier molecular flexibility index (Phi) is 5.02. The molecule has 1 aromatic rings. The maximum atomic E-state index is 3.43. The third-order valence-electron chi connectivity index (χ3n) is 2.30. The molecule has 0 saturated heterocycles. The van der Waals surface area contributed by atoms with Crippen LogP contribution in [0.1, 0.15) is 24.5 Å². The average molecular weight is 189 g/mol. The van der Waals surface area contributed by atoms with E-state index < -0.39 is 0 Å². The Morgan fingerprint density at radius 2 is 2.07 bits per heavy atom. The van der Waals surface area contributed by atoms with E-state index in [0.717, 1.165) is 19.5 Å². The highest BCUT2D eigenvalue weighted by Gasteiger charge is 1.94. The topological polar surface area (TPSA) is 12.0 Å². The molecule has 14 heavy (non-hydrogen) atoms. The van der Waals surface area contributed by atoms with Crippen molar-refractivity contribution in [2.24, 2.45) is 0 Å². The lowest BCUT2D eigenvalue weighted by molar-refractivity contribution is 0.692. The van der Waals surface area contributed by atoms with Crippen LogP contribution in [0.15, 0.2) is 36.4 Å². The Balaban J connectivity index is 2.28. The predicted octanol–water partition coefficient (Wildman–Crippen LogP) is 3.05. The zero-order valence-corrected chi connectivity index (χ0v) is 9.09. The quantitative estimate of drug-likeness (QED) is 0.554. The summed E-state index contributed by atoms with van der Waals surface area (Å²) in [6, 6.07) is 8.51. The summed E-state index contributed by atoms with van der Waals surface area (Å²) in [5.41, 5.74) is 2.76. The molecule has 0 fully saturated rings. The molecule has 1 nitrogen and oxygen atoms in total. The van der Waals surface area contributed by atoms with Crippen LogP contribution in [-0.2, 0) is 6.54 Å². The second-order valence-corrected chi connectivity index (χ2v) is 3.46. The van der Waals surface area contributed by atoms with Crippen LogP contribution < -0.4 is 5.32 Å². The highest BCUT2D eigenvalue weighted by Crippen LogP contribution is 2.05. The van der Waals surface area contributed by atoms with Gasteiger partial charge in [-0.05, 0) is 37.9 Å². The summed E-state index contributed by atoms with van der Waals surface area (Å²) in [4.78, 5) is 0. The fourth-order valence-electron chi connectivity index (χ4n) is 1.38. The highest BCUT2D eigenvalue weighted by atomic mass is 14.8. The third-order valence-corrected chi connectivity index (χ3v) is 2.30. The van der Waals surface area contributed by atoms with E-state index in [1.165, 1.54) is 11.1 Å². The number of rotatable bonds is 5. The molecule has 1 aromatic carbocycles. The number of nitrogens with one attached hydrogen (secondary N) is 1. The van der Waals surface area contributed by atoms with Crippen molar-refractivity contribution in [1.29, 1.82) is 0 Å². The molecule has 0 aliphatic carbocycles. The molecule has 0 aliphatic heterocycles. The first-order valence-corrected chi connectivity index (χ1v) is 5.21. The van der Waals surface area contributed by atoms with Crippen LogP contribution in [0.2, 0.25) is 0 Å². The van der Waals surface area contributed by atoms with Gasteiger partial charge in [-0.15, -0.1) is 0 Å². The molecule has 76 valence electrons. The minimum absolute atomic E-state index is 0.976. The van der Waals surface area contributed by atoms with Crippen molar-refractivity contribution in [2.45, 2.75) is 26.8 Å². The molecule has 0 spiro atoms. The van der Waals surface area contributed by atoms with Crippen LogP contribution in [0.25, 0.3) is 0 Å². The van der Waals surface area contributed by atoms with Crippen LogP contribution in [0.5, 0.6) is 0 Å². The van der Waals surface area contributed by atoms with Gasteiger partial charge in [-0.25, -0.2) is 0 Å². The fraction of sp³-hybridized carbons (Fsp3) is 0.385. The minimum atomic E-state index is 0.976. The first kappa shape index (κ1) is 11.0. The van der Waals surface area contributed by atoms with Gasteiger partial charge >= 0.3 is 0 Å². The van der Waals surface area contributed by atoms with Gasteiger partial charge in [0.15, 0.2) is 0 Å². The molecular weight excluding hydrogens is 170 g/mol. The smallest absolute Gasteiger partial charge is 0.0208 e. The van der Waals surface area contributed by atoms with Crippen molar-refractivity contribution in [3.8, 4) is 0 Å². The first-order chi connectivity index (χ1) is 6.84. The lowest BCUT2D eigenvalue weighted by Crippen LogP contribution is -2.14. The minimum Gasteiger partial charge on any atom is -0.312 e. The maximum Gasteiger partial charge on any atom is 0.0208 e. The number of allylic oxidation sites excluding steroid dienone is 1. The Morgan fingerprint density at radius 1 is 1.29 bits per heavy atom. The van der Waals surface area contributed by atoms with Crippen molar-refractivity contribution in [2.75, 3.05) is 6.54 Å². The second kappa shape index (κ2) is 6.39. The zero-order chi connectivity index (χ0) is 10.2. The van der Waals surface area contributed by atoms with Crippen LogP contribution in [0, 0.1) is 6.92 Å². The second-order valence-electron chi connectivity index (χ2n) is 3.46. The van der Waals surface area contributed by atoms with E-state index in [9.17, 15) is 0 Å². The van der Waals surface area contributed by atoms with Crippen molar-refractivity contribution in [1.82, 2.24) is 5.32 Å². The number of benzene rings is 1. The Labute approximate surface area is 86.8 Å². The summed E-state index contributed by atoms with van der Waals surface area (Å²) in [5, 5.41) is 3.43. The highest BCUT2D eigenvalue weighted by molar-refractivity contribution is 5.25. The van der Waals surface area contributed by atoms with Crippen molar-refractivity contribution >= 4 is 0 Å². The third kappa shape index (κ3) is 3.75. The molecular formula is C13H19N. The van der Waals surface area contributed by atoms with Crippen LogP contribution in [0.3, 0.4) is 0 Å². The van der Waals surface area contributed by atoms with Crippen LogP contribution in [-0.4, -0.2) is 6.54 Å². The number of hydrogen-bond donors (Lipinski definition) is 1.